The molecule has 4 rings (SSSR count). The van der Waals surface area contributed by atoms with Gasteiger partial charge in [0.15, 0.2) is 0 Å². The Kier molecular flexibility index (Phi) is 3.58. The molecule has 122 valence electrons. The molecular formula is C21H14O4. The van der Waals surface area contributed by atoms with E-state index in [0.717, 1.165) is 10.8 Å². The van der Waals surface area contributed by atoms with Gasteiger partial charge in [-0.2, -0.15) is 0 Å². The number of hydrogen-bond acceptors (Lipinski definition) is 4. The van der Waals surface area contributed by atoms with Crippen LogP contribution in [0.15, 0.2) is 76.1 Å². The fourth-order valence-corrected chi connectivity index (χ4v) is 2.96. The molecule has 0 fully saturated rings. The molecule has 4 heteroatoms. The smallest absolute Gasteiger partial charge is 0.308 e. The summed E-state index contributed by atoms with van der Waals surface area (Å²) in [6.07, 6.45) is 1.47. The summed E-state index contributed by atoms with van der Waals surface area (Å²) in [6, 6.07) is 18.3. The SMILES string of the molecule is CC(=O)Oc1ccc(-c2coc3ccc4ccccc4c3c2=O)cc1. The molecule has 1 aromatic heterocycles. The van der Waals surface area contributed by atoms with Gasteiger partial charge in [-0.05, 0) is 34.5 Å². The van der Waals surface area contributed by atoms with Gasteiger partial charge in [0.1, 0.15) is 17.6 Å². The van der Waals surface area contributed by atoms with Gasteiger partial charge in [-0.15, -0.1) is 0 Å². The van der Waals surface area contributed by atoms with Crippen LogP contribution in [0, 0.1) is 0 Å². The minimum Gasteiger partial charge on any atom is -0.463 e. The summed E-state index contributed by atoms with van der Waals surface area (Å²) in [5.74, 6) is 0.0521. The molecule has 0 saturated heterocycles. The molecule has 0 saturated carbocycles. The lowest BCUT2D eigenvalue weighted by Crippen LogP contribution is -2.05. The monoisotopic (exact) mass is 330 g/mol. The fourth-order valence-electron chi connectivity index (χ4n) is 2.96. The van der Waals surface area contributed by atoms with Crippen molar-refractivity contribution in [2.24, 2.45) is 0 Å². The maximum atomic E-state index is 13.1. The van der Waals surface area contributed by atoms with Crippen molar-refractivity contribution in [1.29, 1.82) is 0 Å². The molecule has 0 aliphatic carbocycles. The van der Waals surface area contributed by atoms with E-state index in [-0.39, 0.29) is 11.4 Å². The van der Waals surface area contributed by atoms with Crippen molar-refractivity contribution in [2.45, 2.75) is 6.92 Å². The predicted molar refractivity (Wildman–Crippen MR) is 96.7 cm³/mol. The van der Waals surface area contributed by atoms with E-state index in [1.807, 2.05) is 36.4 Å². The number of carbonyl (C=O) groups excluding carboxylic acids is 1. The normalized spacial score (nSPS) is 10.9. The Balaban J connectivity index is 1.91. The molecule has 0 spiro atoms. The number of carbonyl (C=O) groups is 1. The Bertz CT molecular complexity index is 1150. The van der Waals surface area contributed by atoms with E-state index in [9.17, 15) is 9.59 Å². The highest BCUT2D eigenvalue weighted by atomic mass is 16.5. The van der Waals surface area contributed by atoms with Gasteiger partial charge in [0.05, 0.1) is 10.9 Å². The molecule has 0 unspecified atom stereocenters. The molecule has 4 nitrogen and oxygen atoms in total. The van der Waals surface area contributed by atoms with Crippen LogP contribution in [-0.4, -0.2) is 5.97 Å². The molecular weight excluding hydrogens is 316 g/mol. The lowest BCUT2D eigenvalue weighted by atomic mass is 10.0. The van der Waals surface area contributed by atoms with Crippen molar-refractivity contribution in [3.05, 3.63) is 77.2 Å². The highest BCUT2D eigenvalue weighted by molar-refractivity contribution is 6.06. The van der Waals surface area contributed by atoms with E-state index in [1.54, 1.807) is 24.3 Å². The number of ether oxygens (including phenoxy) is 1. The van der Waals surface area contributed by atoms with Gasteiger partial charge >= 0.3 is 5.97 Å². The fraction of sp³-hybridized carbons (Fsp3) is 0.0476. The lowest BCUT2D eigenvalue weighted by molar-refractivity contribution is -0.131. The van der Waals surface area contributed by atoms with Crippen LogP contribution in [0.4, 0.5) is 0 Å². The molecule has 0 aliphatic rings. The van der Waals surface area contributed by atoms with Gasteiger partial charge in [-0.3, -0.25) is 9.59 Å². The average Bonchev–Trinajstić information content (AvgIpc) is 2.62. The van der Waals surface area contributed by atoms with Crippen LogP contribution in [0.2, 0.25) is 0 Å². The number of hydrogen-bond donors (Lipinski definition) is 0. The summed E-state index contributed by atoms with van der Waals surface area (Å²) >= 11 is 0. The molecule has 0 N–H and O–H groups in total. The first-order chi connectivity index (χ1) is 12.1. The van der Waals surface area contributed by atoms with Crippen LogP contribution in [0.5, 0.6) is 5.75 Å². The predicted octanol–water partition coefficient (Wildman–Crippen LogP) is 4.54. The van der Waals surface area contributed by atoms with Gasteiger partial charge in [0.25, 0.3) is 0 Å². The summed E-state index contributed by atoms with van der Waals surface area (Å²) in [5.41, 5.74) is 1.65. The highest BCUT2D eigenvalue weighted by Crippen LogP contribution is 2.26. The Morgan fingerprint density at radius 3 is 2.48 bits per heavy atom. The second-order valence-corrected chi connectivity index (χ2v) is 5.76. The lowest BCUT2D eigenvalue weighted by Gasteiger charge is -2.06. The second kappa shape index (κ2) is 5.91. The Morgan fingerprint density at radius 2 is 1.72 bits per heavy atom. The van der Waals surface area contributed by atoms with Crippen molar-refractivity contribution in [3.63, 3.8) is 0 Å². The summed E-state index contributed by atoms with van der Waals surface area (Å²) < 4.78 is 10.7. The average molecular weight is 330 g/mol. The quantitative estimate of drug-likeness (QED) is 0.308. The minimum atomic E-state index is -0.385. The van der Waals surface area contributed by atoms with Crippen LogP contribution >= 0.6 is 0 Å². The first kappa shape index (κ1) is 15.1. The molecule has 0 radical (unpaired) electrons. The highest BCUT2D eigenvalue weighted by Gasteiger charge is 2.12. The molecule has 0 aliphatic heterocycles. The van der Waals surface area contributed by atoms with Gasteiger partial charge in [-0.1, -0.05) is 42.5 Å². The van der Waals surface area contributed by atoms with E-state index in [2.05, 4.69) is 0 Å². The zero-order chi connectivity index (χ0) is 17.4. The number of esters is 1. The molecule has 0 bridgehead atoms. The van der Waals surface area contributed by atoms with E-state index < -0.39 is 0 Å². The van der Waals surface area contributed by atoms with E-state index in [1.165, 1.54) is 13.2 Å². The molecule has 3 aromatic carbocycles. The zero-order valence-corrected chi connectivity index (χ0v) is 13.5. The largest absolute Gasteiger partial charge is 0.463 e. The van der Waals surface area contributed by atoms with E-state index in [4.69, 9.17) is 9.15 Å². The maximum absolute atomic E-state index is 13.1. The van der Waals surface area contributed by atoms with Gasteiger partial charge in [0, 0.05) is 6.92 Å². The Morgan fingerprint density at radius 1 is 0.960 bits per heavy atom. The standard InChI is InChI=1S/C21H14O4/c1-13(22)25-16-9-6-15(7-10-16)18-12-24-19-11-8-14-4-2-3-5-17(14)20(19)21(18)23/h2-12H,1H3. The van der Waals surface area contributed by atoms with Crippen LogP contribution in [-0.2, 0) is 4.79 Å². The number of rotatable bonds is 2. The van der Waals surface area contributed by atoms with Crippen LogP contribution in [0.25, 0.3) is 32.9 Å². The number of benzene rings is 3. The second-order valence-electron chi connectivity index (χ2n) is 5.76. The first-order valence-corrected chi connectivity index (χ1v) is 7.85. The topological polar surface area (TPSA) is 56.5 Å². The van der Waals surface area contributed by atoms with Crippen LogP contribution in [0.3, 0.4) is 0 Å². The maximum Gasteiger partial charge on any atom is 0.308 e. The van der Waals surface area contributed by atoms with Crippen LogP contribution in [0.1, 0.15) is 6.92 Å². The summed E-state index contributed by atoms with van der Waals surface area (Å²) in [5, 5.41) is 2.43. The Labute approximate surface area is 143 Å². The van der Waals surface area contributed by atoms with E-state index in [0.29, 0.717) is 27.8 Å². The van der Waals surface area contributed by atoms with E-state index >= 15 is 0 Å². The third-order valence-electron chi connectivity index (χ3n) is 4.09. The summed E-state index contributed by atoms with van der Waals surface area (Å²) in [6.45, 7) is 1.34. The Hall–Kier alpha value is -3.40. The molecule has 1 heterocycles. The molecule has 25 heavy (non-hydrogen) atoms. The van der Waals surface area contributed by atoms with Crippen molar-refractivity contribution >= 4 is 27.7 Å². The first-order valence-electron chi connectivity index (χ1n) is 7.85. The van der Waals surface area contributed by atoms with Gasteiger partial charge in [-0.25, -0.2) is 0 Å². The summed E-state index contributed by atoms with van der Waals surface area (Å²) in [7, 11) is 0. The third-order valence-corrected chi connectivity index (χ3v) is 4.09. The van der Waals surface area contributed by atoms with Gasteiger partial charge in [0.2, 0.25) is 5.43 Å². The van der Waals surface area contributed by atoms with Crippen molar-refractivity contribution < 1.29 is 13.9 Å². The van der Waals surface area contributed by atoms with Crippen molar-refractivity contribution in [1.82, 2.24) is 0 Å². The van der Waals surface area contributed by atoms with Crippen LogP contribution < -0.4 is 10.2 Å². The molecule has 0 atom stereocenters. The third kappa shape index (κ3) is 2.68. The molecule has 4 aromatic rings. The van der Waals surface area contributed by atoms with Gasteiger partial charge < -0.3 is 9.15 Å². The summed E-state index contributed by atoms with van der Waals surface area (Å²) in [4.78, 5) is 24.1. The number of fused-ring (bicyclic) bond motifs is 3. The minimum absolute atomic E-state index is 0.0849. The molecule has 0 amide bonds. The zero-order valence-electron chi connectivity index (χ0n) is 13.5. The van der Waals surface area contributed by atoms with Crippen molar-refractivity contribution in [2.75, 3.05) is 0 Å². The van der Waals surface area contributed by atoms with Crippen molar-refractivity contribution in [3.8, 4) is 16.9 Å².